The fraction of sp³-hybridized carbons (Fsp3) is 0.455. The van der Waals surface area contributed by atoms with Gasteiger partial charge in [0.1, 0.15) is 11.6 Å². The van der Waals surface area contributed by atoms with Crippen LogP contribution in [0.3, 0.4) is 0 Å². The zero-order chi connectivity index (χ0) is 19.1. The van der Waals surface area contributed by atoms with E-state index in [0.29, 0.717) is 6.04 Å². The lowest BCUT2D eigenvalue weighted by atomic mass is 10.1. The van der Waals surface area contributed by atoms with Gasteiger partial charge in [0, 0.05) is 17.7 Å². The third-order valence-corrected chi connectivity index (χ3v) is 5.84. The van der Waals surface area contributed by atoms with E-state index in [1.807, 2.05) is 38.1 Å². The first kappa shape index (κ1) is 17.8. The molecule has 1 aromatic carbocycles. The Morgan fingerprint density at radius 3 is 2.59 bits per heavy atom. The van der Waals surface area contributed by atoms with Gasteiger partial charge in [-0.3, -0.25) is 4.79 Å². The van der Waals surface area contributed by atoms with Crippen molar-refractivity contribution < 1.29 is 4.79 Å². The second kappa shape index (κ2) is 6.87. The first-order valence-corrected chi connectivity index (χ1v) is 9.94. The van der Waals surface area contributed by atoms with E-state index in [1.165, 1.54) is 36.9 Å². The number of nitrogens with one attached hydrogen (secondary N) is 2. The molecular formula is C22H28N4O. The van der Waals surface area contributed by atoms with Crippen LogP contribution in [-0.4, -0.2) is 20.4 Å². The molecule has 5 heteroatoms. The van der Waals surface area contributed by atoms with E-state index in [1.54, 1.807) is 0 Å². The Morgan fingerprint density at radius 2 is 1.93 bits per heavy atom. The summed E-state index contributed by atoms with van der Waals surface area (Å²) in [6, 6.07) is 8.50. The molecule has 3 aromatic rings. The number of anilines is 1. The predicted octanol–water partition coefficient (Wildman–Crippen LogP) is 5.36. The molecule has 5 nitrogen and oxygen atoms in total. The number of hydrogen-bond donors (Lipinski definition) is 2. The van der Waals surface area contributed by atoms with Crippen molar-refractivity contribution in [2.75, 3.05) is 5.32 Å². The summed E-state index contributed by atoms with van der Waals surface area (Å²) in [5.74, 6) is 1.70. The summed E-state index contributed by atoms with van der Waals surface area (Å²) in [6.45, 7) is 8.15. The average Bonchev–Trinajstić information content (AvgIpc) is 3.34. The molecule has 0 spiro atoms. The second-order valence-electron chi connectivity index (χ2n) is 7.99. The molecule has 142 valence electrons. The van der Waals surface area contributed by atoms with Crippen LogP contribution in [0.25, 0.3) is 22.4 Å². The fourth-order valence-electron chi connectivity index (χ4n) is 4.19. The number of nitrogens with zero attached hydrogens (tertiary/aromatic N) is 2. The van der Waals surface area contributed by atoms with E-state index < -0.39 is 0 Å². The van der Waals surface area contributed by atoms with Crippen molar-refractivity contribution in [1.29, 1.82) is 0 Å². The minimum Gasteiger partial charge on any atom is -0.338 e. The van der Waals surface area contributed by atoms with Crippen molar-refractivity contribution >= 4 is 22.8 Å². The zero-order valence-electron chi connectivity index (χ0n) is 16.6. The van der Waals surface area contributed by atoms with Crippen molar-refractivity contribution in [2.45, 2.75) is 59.4 Å². The highest BCUT2D eigenvalue weighted by Crippen LogP contribution is 2.42. The highest BCUT2D eigenvalue weighted by atomic mass is 16.1. The van der Waals surface area contributed by atoms with Gasteiger partial charge < -0.3 is 14.9 Å². The van der Waals surface area contributed by atoms with Gasteiger partial charge in [-0.05, 0) is 44.4 Å². The van der Waals surface area contributed by atoms with E-state index in [-0.39, 0.29) is 11.8 Å². The van der Waals surface area contributed by atoms with Gasteiger partial charge >= 0.3 is 0 Å². The van der Waals surface area contributed by atoms with Crippen LogP contribution in [0.2, 0.25) is 0 Å². The zero-order valence-corrected chi connectivity index (χ0v) is 16.6. The number of fused-ring (bicyclic) bond motifs is 1. The number of aromatic nitrogens is 3. The van der Waals surface area contributed by atoms with Gasteiger partial charge in [0.2, 0.25) is 5.91 Å². The molecule has 0 saturated heterocycles. The lowest BCUT2D eigenvalue weighted by Crippen LogP contribution is -2.22. The molecule has 1 fully saturated rings. The van der Waals surface area contributed by atoms with Gasteiger partial charge in [0.15, 0.2) is 0 Å². The Bertz CT molecular complexity index is 956. The minimum absolute atomic E-state index is 0.0455. The van der Waals surface area contributed by atoms with E-state index in [9.17, 15) is 4.79 Å². The molecule has 0 atom stereocenters. The second-order valence-corrected chi connectivity index (χ2v) is 7.99. The monoisotopic (exact) mass is 364 g/mol. The van der Waals surface area contributed by atoms with Crippen LogP contribution in [0.4, 0.5) is 5.82 Å². The van der Waals surface area contributed by atoms with Crippen LogP contribution in [-0.2, 0) is 4.79 Å². The molecule has 0 radical (unpaired) electrons. The molecule has 1 saturated carbocycles. The van der Waals surface area contributed by atoms with Crippen molar-refractivity contribution in [3.63, 3.8) is 0 Å². The van der Waals surface area contributed by atoms with Crippen LogP contribution in [0.5, 0.6) is 0 Å². The number of carbonyl (C=O) groups excluding carboxylic acids is 1. The van der Waals surface area contributed by atoms with Crippen molar-refractivity contribution in [3.05, 3.63) is 35.5 Å². The summed E-state index contributed by atoms with van der Waals surface area (Å²) in [7, 11) is 0. The van der Waals surface area contributed by atoms with Crippen LogP contribution in [0, 0.1) is 19.8 Å². The van der Waals surface area contributed by atoms with Crippen LogP contribution >= 0.6 is 0 Å². The third kappa shape index (κ3) is 3.05. The molecule has 1 aliphatic carbocycles. The van der Waals surface area contributed by atoms with Gasteiger partial charge in [0.25, 0.3) is 0 Å². The number of carbonyl (C=O) groups is 1. The SMILES string of the molecule is Cc1c(-c2nc3ccccc3[nH]2)c(NC(=O)C(C)C)n(C2CCCC2)c1C. The van der Waals surface area contributed by atoms with Gasteiger partial charge in [0.05, 0.1) is 16.6 Å². The largest absolute Gasteiger partial charge is 0.338 e. The smallest absolute Gasteiger partial charge is 0.228 e. The number of amides is 1. The number of benzene rings is 1. The number of imidazole rings is 1. The molecule has 2 N–H and O–H groups in total. The molecule has 1 amide bonds. The summed E-state index contributed by atoms with van der Waals surface area (Å²) in [5, 5.41) is 3.22. The molecule has 0 unspecified atom stereocenters. The number of rotatable bonds is 4. The van der Waals surface area contributed by atoms with Crippen molar-refractivity contribution in [2.24, 2.45) is 5.92 Å². The highest BCUT2D eigenvalue weighted by molar-refractivity contribution is 5.96. The van der Waals surface area contributed by atoms with Crippen molar-refractivity contribution in [3.8, 4) is 11.4 Å². The molecular weight excluding hydrogens is 336 g/mol. The summed E-state index contributed by atoms with van der Waals surface area (Å²) >= 11 is 0. The van der Waals surface area contributed by atoms with E-state index in [4.69, 9.17) is 4.98 Å². The maximum Gasteiger partial charge on any atom is 0.228 e. The Balaban J connectivity index is 1.91. The van der Waals surface area contributed by atoms with Gasteiger partial charge in [-0.25, -0.2) is 4.98 Å². The van der Waals surface area contributed by atoms with Gasteiger partial charge in [-0.2, -0.15) is 0 Å². The minimum atomic E-state index is -0.0685. The molecule has 4 rings (SSSR count). The standard InChI is InChI=1S/C22H28N4O/c1-13(2)22(27)25-21-19(20-23-17-11-7-8-12-18(17)24-20)14(3)15(4)26(21)16-9-5-6-10-16/h7-8,11-13,16H,5-6,9-10H2,1-4H3,(H,23,24)(H,25,27). The Kier molecular flexibility index (Phi) is 4.54. The van der Waals surface area contributed by atoms with E-state index in [2.05, 4.69) is 28.7 Å². The Labute approximate surface area is 160 Å². The number of aromatic amines is 1. The topological polar surface area (TPSA) is 62.7 Å². The number of para-hydroxylation sites is 2. The van der Waals surface area contributed by atoms with E-state index >= 15 is 0 Å². The maximum atomic E-state index is 12.6. The predicted molar refractivity (Wildman–Crippen MR) is 110 cm³/mol. The average molecular weight is 364 g/mol. The maximum absolute atomic E-state index is 12.6. The highest BCUT2D eigenvalue weighted by Gasteiger charge is 2.28. The van der Waals surface area contributed by atoms with Gasteiger partial charge in [-0.15, -0.1) is 0 Å². The molecule has 2 aromatic heterocycles. The first-order valence-electron chi connectivity index (χ1n) is 9.94. The molecule has 0 aliphatic heterocycles. The first-order chi connectivity index (χ1) is 13.0. The number of H-pyrrole nitrogens is 1. The Hall–Kier alpha value is -2.56. The molecule has 27 heavy (non-hydrogen) atoms. The summed E-state index contributed by atoms with van der Waals surface area (Å²) in [6.07, 6.45) is 4.83. The molecule has 0 bridgehead atoms. The third-order valence-electron chi connectivity index (χ3n) is 5.84. The number of hydrogen-bond acceptors (Lipinski definition) is 2. The van der Waals surface area contributed by atoms with Crippen LogP contribution < -0.4 is 5.32 Å². The molecule has 2 heterocycles. The molecule has 1 aliphatic rings. The summed E-state index contributed by atoms with van der Waals surface area (Å²) in [5.41, 5.74) is 5.37. The normalized spacial score (nSPS) is 15.1. The quantitative estimate of drug-likeness (QED) is 0.655. The van der Waals surface area contributed by atoms with Crippen molar-refractivity contribution in [1.82, 2.24) is 14.5 Å². The lowest BCUT2D eigenvalue weighted by molar-refractivity contribution is -0.118. The van der Waals surface area contributed by atoms with E-state index in [0.717, 1.165) is 28.2 Å². The Morgan fingerprint density at radius 1 is 1.22 bits per heavy atom. The summed E-state index contributed by atoms with van der Waals surface area (Å²) < 4.78 is 2.35. The fourth-order valence-corrected chi connectivity index (χ4v) is 4.19. The lowest BCUT2D eigenvalue weighted by Gasteiger charge is -2.20. The van der Waals surface area contributed by atoms with Crippen LogP contribution in [0.15, 0.2) is 24.3 Å². The van der Waals surface area contributed by atoms with Crippen LogP contribution in [0.1, 0.15) is 56.8 Å². The van der Waals surface area contributed by atoms with Gasteiger partial charge in [-0.1, -0.05) is 38.8 Å². The summed E-state index contributed by atoms with van der Waals surface area (Å²) in [4.78, 5) is 20.9.